The largest absolute Gasteiger partial charge is 0.490 e. The fraction of sp³-hybridized carbons (Fsp3) is 0.438. The number of aromatic nitrogens is 2. The Morgan fingerprint density at radius 2 is 2.26 bits per heavy atom. The van der Waals surface area contributed by atoms with E-state index in [1.165, 1.54) is 0 Å². The molecule has 23 heavy (non-hydrogen) atoms. The SMILES string of the molecule is Cc1[nH]ncc1CCCNS(=O)(=O)c1ccc2c(c1)C[C@H](C)O2. The zero-order valence-electron chi connectivity index (χ0n) is 13.3. The number of nitrogens with one attached hydrogen (secondary N) is 2. The third-order valence-electron chi connectivity index (χ3n) is 4.03. The first kappa shape index (κ1) is 16.0. The molecular formula is C16H21N3O3S. The number of nitrogens with zero attached hydrogens (tertiary/aromatic N) is 1. The van der Waals surface area contributed by atoms with E-state index in [1.807, 2.05) is 13.8 Å². The molecule has 2 aromatic rings. The number of H-pyrrole nitrogens is 1. The molecule has 1 aliphatic heterocycles. The van der Waals surface area contributed by atoms with E-state index in [2.05, 4.69) is 14.9 Å². The van der Waals surface area contributed by atoms with Gasteiger partial charge in [-0.05, 0) is 56.0 Å². The Kier molecular flexibility index (Phi) is 4.41. The van der Waals surface area contributed by atoms with Gasteiger partial charge < -0.3 is 4.74 Å². The van der Waals surface area contributed by atoms with Crippen LogP contribution in [0.4, 0.5) is 0 Å². The van der Waals surface area contributed by atoms with Gasteiger partial charge >= 0.3 is 0 Å². The molecule has 0 bridgehead atoms. The second-order valence-electron chi connectivity index (χ2n) is 5.92. The lowest BCUT2D eigenvalue weighted by Crippen LogP contribution is -2.25. The summed E-state index contributed by atoms with van der Waals surface area (Å²) in [4.78, 5) is 0.299. The first-order valence-corrected chi connectivity index (χ1v) is 9.22. The Morgan fingerprint density at radius 1 is 1.43 bits per heavy atom. The second kappa shape index (κ2) is 6.33. The Labute approximate surface area is 136 Å². The molecule has 0 saturated heterocycles. The minimum Gasteiger partial charge on any atom is -0.490 e. The summed E-state index contributed by atoms with van der Waals surface area (Å²) in [5.41, 5.74) is 3.10. The van der Waals surface area contributed by atoms with Crippen LogP contribution in [0.15, 0.2) is 29.3 Å². The molecule has 2 N–H and O–H groups in total. The maximum atomic E-state index is 12.4. The Balaban J connectivity index is 1.59. The highest BCUT2D eigenvalue weighted by Gasteiger charge is 2.22. The van der Waals surface area contributed by atoms with E-state index in [0.29, 0.717) is 11.4 Å². The van der Waals surface area contributed by atoms with Crippen LogP contribution in [0.5, 0.6) is 5.75 Å². The van der Waals surface area contributed by atoms with Gasteiger partial charge in [0.05, 0.1) is 11.1 Å². The molecule has 6 nitrogen and oxygen atoms in total. The zero-order valence-corrected chi connectivity index (χ0v) is 14.1. The number of fused-ring (bicyclic) bond motifs is 1. The van der Waals surface area contributed by atoms with Crippen LogP contribution in [0.1, 0.15) is 30.2 Å². The fourth-order valence-corrected chi connectivity index (χ4v) is 3.89. The Morgan fingerprint density at radius 3 is 3.00 bits per heavy atom. The van der Waals surface area contributed by atoms with Crippen molar-refractivity contribution < 1.29 is 13.2 Å². The molecule has 0 unspecified atom stereocenters. The first-order valence-electron chi connectivity index (χ1n) is 7.74. The van der Waals surface area contributed by atoms with E-state index >= 15 is 0 Å². The smallest absolute Gasteiger partial charge is 0.240 e. The number of rotatable bonds is 6. The lowest BCUT2D eigenvalue weighted by atomic mass is 10.1. The molecule has 0 spiro atoms. The molecule has 0 fully saturated rings. The lowest BCUT2D eigenvalue weighted by molar-refractivity contribution is 0.254. The van der Waals surface area contributed by atoms with Crippen LogP contribution in [0.3, 0.4) is 0 Å². The summed E-state index contributed by atoms with van der Waals surface area (Å²) in [7, 11) is -3.48. The van der Waals surface area contributed by atoms with Crippen molar-refractivity contribution in [1.82, 2.24) is 14.9 Å². The molecule has 1 aromatic heterocycles. The van der Waals surface area contributed by atoms with E-state index in [-0.39, 0.29) is 6.10 Å². The number of aryl methyl sites for hydroxylation is 2. The minimum absolute atomic E-state index is 0.106. The van der Waals surface area contributed by atoms with Crippen molar-refractivity contribution in [2.75, 3.05) is 6.54 Å². The molecule has 0 radical (unpaired) electrons. The standard InChI is InChI=1S/C16H21N3O3S/c1-11-8-14-9-15(5-6-16(14)22-11)23(20,21)18-7-3-4-13-10-17-19-12(13)2/h5-6,9-11,18H,3-4,7-8H2,1-2H3,(H,17,19)/t11-/m0/s1. The van der Waals surface area contributed by atoms with Crippen LogP contribution in [-0.4, -0.2) is 31.3 Å². The molecule has 7 heteroatoms. The van der Waals surface area contributed by atoms with Crippen molar-refractivity contribution >= 4 is 10.0 Å². The highest BCUT2D eigenvalue weighted by Crippen LogP contribution is 2.30. The highest BCUT2D eigenvalue weighted by molar-refractivity contribution is 7.89. The molecule has 0 saturated carbocycles. The molecule has 0 amide bonds. The maximum absolute atomic E-state index is 12.4. The summed E-state index contributed by atoms with van der Waals surface area (Å²) >= 11 is 0. The van der Waals surface area contributed by atoms with Crippen LogP contribution < -0.4 is 9.46 Å². The molecule has 2 heterocycles. The van der Waals surface area contributed by atoms with Crippen LogP contribution in [0.25, 0.3) is 0 Å². The highest BCUT2D eigenvalue weighted by atomic mass is 32.2. The van der Waals surface area contributed by atoms with Gasteiger partial charge in [-0.2, -0.15) is 5.10 Å². The molecule has 1 aliphatic rings. The van der Waals surface area contributed by atoms with Gasteiger partial charge in [-0.25, -0.2) is 13.1 Å². The third-order valence-corrected chi connectivity index (χ3v) is 5.49. The maximum Gasteiger partial charge on any atom is 0.240 e. The van der Waals surface area contributed by atoms with E-state index in [4.69, 9.17) is 4.74 Å². The van der Waals surface area contributed by atoms with Gasteiger partial charge in [0.25, 0.3) is 0 Å². The van der Waals surface area contributed by atoms with Crippen LogP contribution in [0, 0.1) is 6.92 Å². The van der Waals surface area contributed by atoms with Gasteiger partial charge in [0, 0.05) is 18.7 Å². The van der Waals surface area contributed by atoms with Crippen molar-refractivity contribution in [3.63, 3.8) is 0 Å². The summed E-state index contributed by atoms with van der Waals surface area (Å²) in [6.45, 7) is 4.33. The first-order chi connectivity index (χ1) is 11.0. The van der Waals surface area contributed by atoms with E-state index in [9.17, 15) is 8.42 Å². The second-order valence-corrected chi connectivity index (χ2v) is 7.69. The van der Waals surface area contributed by atoms with Gasteiger partial charge in [0.2, 0.25) is 10.0 Å². The number of benzene rings is 1. The van der Waals surface area contributed by atoms with E-state index in [1.54, 1.807) is 24.4 Å². The Bertz CT molecular complexity index is 799. The van der Waals surface area contributed by atoms with Crippen molar-refractivity contribution in [3.05, 3.63) is 41.2 Å². The van der Waals surface area contributed by atoms with Gasteiger partial charge in [-0.15, -0.1) is 0 Å². The van der Waals surface area contributed by atoms with Crippen molar-refractivity contribution in [2.24, 2.45) is 0 Å². The van der Waals surface area contributed by atoms with Gasteiger partial charge in [0.1, 0.15) is 11.9 Å². The monoisotopic (exact) mass is 335 g/mol. The Hall–Kier alpha value is -1.86. The van der Waals surface area contributed by atoms with Crippen LogP contribution in [0.2, 0.25) is 0 Å². The average molecular weight is 335 g/mol. The van der Waals surface area contributed by atoms with Crippen LogP contribution in [-0.2, 0) is 22.9 Å². The number of aromatic amines is 1. The molecule has 124 valence electrons. The minimum atomic E-state index is -3.48. The summed E-state index contributed by atoms with van der Waals surface area (Å²) < 4.78 is 33.0. The number of sulfonamides is 1. The third kappa shape index (κ3) is 3.56. The molecule has 1 aromatic carbocycles. The topological polar surface area (TPSA) is 84.1 Å². The summed E-state index contributed by atoms with van der Waals surface area (Å²) in [5.74, 6) is 0.784. The fourth-order valence-electron chi connectivity index (χ4n) is 2.76. The van der Waals surface area contributed by atoms with Crippen LogP contribution >= 0.6 is 0 Å². The van der Waals surface area contributed by atoms with Gasteiger partial charge in [-0.3, -0.25) is 5.10 Å². The summed E-state index contributed by atoms with van der Waals surface area (Å²) in [5, 5.41) is 6.84. The van der Waals surface area contributed by atoms with Crippen molar-refractivity contribution in [2.45, 2.75) is 44.1 Å². The van der Waals surface area contributed by atoms with Crippen molar-refractivity contribution in [3.8, 4) is 5.75 Å². The zero-order chi connectivity index (χ0) is 16.4. The van der Waals surface area contributed by atoms with E-state index in [0.717, 1.165) is 41.8 Å². The number of ether oxygens (including phenoxy) is 1. The van der Waals surface area contributed by atoms with Gasteiger partial charge in [-0.1, -0.05) is 0 Å². The summed E-state index contributed by atoms with van der Waals surface area (Å²) in [6.07, 6.45) is 4.16. The predicted molar refractivity (Wildman–Crippen MR) is 87.1 cm³/mol. The molecule has 1 atom stereocenters. The molecule has 0 aliphatic carbocycles. The number of hydrogen-bond donors (Lipinski definition) is 2. The molecule has 3 rings (SSSR count). The number of hydrogen-bond acceptors (Lipinski definition) is 4. The van der Waals surface area contributed by atoms with Crippen molar-refractivity contribution in [1.29, 1.82) is 0 Å². The quantitative estimate of drug-likeness (QED) is 0.790. The average Bonchev–Trinajstić information content (AvgIpc) is 3.07. The van der Waals surface area contributed by atoms with Gasteiger partial charge in [0.15, 0.2) is 0 Å². The molecular weight excluding hydrogens is 314 g/mol. The van der Waals surface area contributed by atoms with E-state index < -0.39 is 10.0 Å². The lowest BCUT2D eigenvalue weighted by Gasteiger charge is -2.08. The normalized spacial score (nSPS) is 17.0. The predicted octanol–water partition coefficient (Wildman–Crippen LogP) is 1.95. The summed E-state index contributed by atoms with van der Waals surface area (Å²) in [6, 6.07) is 5.04.